The molecule has 0 aromatic rings. The van der Waals surface area contributed by atoms with Gasteiger partial charge in [0, 0.05) is 5.41 Å². The van der Waals surface area contributed by atoms with Crippen LogP contribution in [0.25, 0.3) is 0 Å². The zero-order chi connectivity index (χ0) is 7.00. The van der Waals surface area contributed by atoms with Gasteiger partial charge in [0.05, 0.1) is 0 Å². The number of hydrogen-bond acceptors (Lipinski definition) is 0. The summed E-state index contributed by atoms with van der Waals surface area (Å²) in [5.41, 5.74) is -0.896. The predicted octanol–water partition coefficient (Wildman–Crippen LogP) is 1.26. The Morgan fingerprint density at radius 2 is 1.25 bits per heavy atom. The number of halogens is 2. The molecule has 0 unspecified atom stereocenters. The summed E-state index contributed by atoms with van der Waals surface area (Å²) in [6, 6.07) is 0. The van der Waals surface area contributed by atoms with E-state index in [4.69, 9.17) is 0 Å². The van der Waals surface area contributed by atoms with Crippen LogP contribution in [0.3, 0.4) is 0 Å². The van der Waals surface area contributed by atoms with Crippen molar-refractivity contribution in [2.75, 3.05) is 0 Å². The first-order valence-corrected chi connectivity index (χ1v) is 2.63. The van der Waals surface area contributed by atoms with Crippen LogP contribution < -0.4 is 0 Å². The van der Waals surface area contributed by atoms with Crippen molar-refractivity contribution in [3.63, 3.8) is 0 Å². The largest absolute Gasteiger partial charge is 0.218 e. The molecule has 0 spiro atoms. The smallest absolute Gasteiger partial charge is 0.211 e. The summed E-state index contributed by atoms with van der Waals surface area (Å²) in [6.07, 6.45) is 0. The third-order valence-corrected chi connectivity index (χ3v) is 1.32. The third kappa shape index (κ3) is 1.80. The Labute approximate surface area is 49.7 Å². The van der Waals surface area contributed by atoms with Crippen molar-refractivity contribution in [2.45, 2.75) is 26.6 Å². The van der Waals surface area contributed by atoms with Crippen LogP contribution >= 0.6 is 0 Å². The van der Waals surface area contributed by atoms with E-state index in [-0.39, 0.29) is 0 Å². The number of alkyl halides is 2. The number of hydrogen-bond donors (Lipinski definition) is 0. The normalized spacial score (nSPS) is 14.1. The molecule has 0 saturated heterocycles. The zero-order valence-corrected chi connectivity index (χ0v) is 5.76. The van der Waals surface area contributed by atoms with E-state index in [0.717, 1.165) is 7.85 Å². The highest BCUT2D eigenvalue weighted by atomic mass is 19.3. The topological polar surface area (TPSA) is 0 Å². The van der Waals surface area contributed by atoms with Gasteiger partial charge in [-0.25, -0.2) is 8.78 Å². The summed E-state index contributed by atoms with van der Waals surface area (Å²) < 4.78 is 24.5. The quantitative estimate of drug-likeness (QED) is 0.422. The van der Waals surface area contributed by atoms with Gasteiger partial charge in [0.1, 0.15) is 0 Å². The van der Waals surface area contributed by atoms with E-state index in [1.807, 2.05) is 0 Å². The molecule has 0 aliphatic carbocycles. The Kier molecular flexibility index (Phi) is 1.69. The summed E-state index contributed by atoms with van der Waals surface area (Å²) >= 11 is 0. The Balaban J connectivity index is 4.02. The van der Waals surface area contributed by atoms with Crippen LogP contribution in [0.1, 0.15) is 20.8 Å². The molecule has 48 valence electrons. The first-order valence-electron chi connectivity index (χ1n) is 2.63. The van der Waals surface area contributed by atoms with Gasteiger partial charge in [-0.2, -0.15) is 0 Å². The average molecular weight is 120 g/mol. The predicted molar refractivity (Wildman–Crippen MR) is 32.9 cm³/mol. The van der Waals surface area contributed by atoms with Crippen LogP contribution in [0.5, 0.6) is 0 Å². The highest BCUT2D eigenvalue weighted by Gasteiger charge is 2.36. The maximum atomic E-state index is 12.2. The summed E-state index contributed by atoms with van der Waals surface area (Å²) in [5.74, 6) is -2.56. The average Bonchev–Trinajstić information content (AvgIpc) is 1.25. The van der Waals surface area contributed by atoms with Gasteiger partial charge in [0.2, 0.25) is 5.82 Å². The zero-order valence-electron chi connectivity index (χ0n) is 5.76. The first kappa shape index (κ1) is 7.92. The Bertz CT molecular complexity index is 65.4. The lowest BCUT2D eigenvalue weighted by molar-refractivity contribution is -0.0150. The standard InChI is InChI=1S/C5H11BF2/c1-4(2,3)5(6,7)8/h6H2,1-3H3. The van der Waals surface area contributed by atoms with Gasteiger partial charge in [-0.15, -0.1) is 0 Å². The second-order valence-corrected chi connectivity index (χ2v) is 3.14. The molecule has 0 N–H and O–H groups in total. The van der Waals surface area contributed by atoms with Crippen LogP contribution in [0.2, 0.25) is 0 Å². The molecule has 0 rings (SSSR count). The fourth-order valence-corrected chi connectivity index (χ4v) is 0. The Morgan fingerprint density at radius 1 is 1.12 bits per heavy atom. The van der Waals surface area contributed by atoms with Crippen molar-refractivity contribution < 1.29 is 8.78 Å². The van der Waals surface area contributed by atoms with Crippen molar-refractivity contribution in [3.05, 3.63) is 0 Å². The second kappa shape index (κ2) is 1.71. The molecule has 0 fully saturated rings. The van der Waals surface area contributed by atoms with Gasteiger partial charge < -0.3 is 0 Å². The molecular weight excluding hydrogens is 109 g/mol. The fourth-order valence-electron chi connectivity index (χ4n) is 0. The van der Waals surface area contributed by atoms with Crippen LogP contribution in [-0.4, -0.2) is 13.7 Å². The molecule has 0 radical (unpaired) electrons. The van der Waals surface area contributed by atoms with Crippen LogP contribution in [0.4, 0.5) is 8.78 Å². The van der Waals surface area contributed by atoms with Crippen LogP contribution in [0.15, 0.2) is 0 Å². The third-order valence-electron chi connectivity index (χ3n) is 1.32. The van der Waals surface area contributed by atoms with Crippen LogP contribution in [-0.2, 0) is 0 Å². The van der Waals surface area contributed by atoms with Crippen molar-refractivity contribution in [3.8, 4) is 0 Å². The summed E-state index contributed by atoms with van der Waals surface area (Å²) in [5, 5.41) is 0. The first-order chi connectivity index (χ1) is 3.25. The molecular formula is C5H11BF2. The van der Waals surface area contributed by atoms with Gasteiger partial charge >= 0.3 is 0 Å². The molecule has 0 aliphatic heterocycles. The van der Waals surface area contributed by atoms with E-state index in [1.54, 1.807) is 0 Å². The van der Waals surface area contributed by atoms with Crippen molar-refractivity contribution in [1.82, 2.24) is 0 Å². The van der Waals surface area contributed by atoms with E-state index in [9.17, 15) is 8.78 Å². The molecule has 0 nitrogen and oxygen atoms in total. The molecule has 0 saturated carbocycles. The van der Waals surface area contributed by atoms with Gasteiger partial charge in [-0.05, 0) is 0 Å². The molecule has 8 heavy (non-hydrogen) atoms. The number of rotatable bonds is 0. The molecule has 0 aromatic carbocycles. The van der Waals surface area contributed by atoms with E-state index in [1.165, 1.54) is 20.8 Å². The minimum Gasteiger partial charge on any atom is -0.218 e. The molecule has 0 amide bonds. The van der Waals surface area contributed by atoms with E-state index >= 15 is 0 Å². The van der Waals surface area contributed by atoms with E-state index in [2.05, 4.69) is 0 Å². The maximum absolute atomic E-state index is 12.2. The van der Waals surface area contributed by atoms with E-state index in [0.29, 0.717) is 0 Å². The highest BCUT2D eigenvalue weighted by Crippen LogP contribution is 2.31. The SMILES string of the molecule is BC(F)(F)C(C)(C)C. The molecule has 0 heterocycles. The van der Waals surface area contributed by atoms with Gasteiger partial charge in [-0.1, -0.05) is 20.8 Å². The molecule has 0 aromatic heterocycles. The minimum atomic E-state index is -2.56. The maximum Gasteiger partial charge on any atom is 0.211 e. The van der Waals surface area contributed by atoms with Crippen molar-refractivity contribution in [1.29, 1.82) is 0 Å². The summed E-state index contributed by atoms with van der Waals surface area (Å²) in [6.45, 7) is 4.56. The lowest BCUT2D eigenvalue weighted by atomic mass is 9.76. The minimum absolute atomic E-state index is 0.896. The lowest BCUT2D eigenvalue weighted by Crippen LogP contribution is -2.33. The van der Waals surface area contributed by atoms with E-state index < -0.39 is 11.2 Å². The summed E-state index contributed by atoms with van der Waals surface area (Å²) in [7, 11) is 0.938. The highest BCUT2D eigenvalue weighted by molar-refractivity contribution is 6.13. The van der Waals surface area contributed by atoms with Gasteiger partial charge in [-0.3, -0.25) is 0 Å². The molecule has 3 heteroatoms. The Hall–Kier alpha value is -0.0751. The molecule has 0 bridgehead atoms. The second-order valence-electron chi connectivity index (χ2n) is 3.14. The van der Waals surface area contributed by atoms with Crippen LogP contribution in [0, 0.1) is 5.41 Å². The molecule has 0 aliphatic rings. The van der Waals surface area contributed by atoms with Gasteiger partial charge in [0.15, 0.2) is 7.85 Å². The van der Waals surface area contributed by atoms with Gasteiger partial charge in [0.25, 0.3) is 0 Å². The van der Waals surface area contributed by atoms with Crippen molar-refractivity contribution in [2.24, 2.45) is 5.41 Å². The fraction of sp³-hybridized carbons (Fsp3) is 1.00. The summed E-state index contributed by atoms with van der Waals surface area (Å²) in [4.78, 5) is 0. The lowest BCUT2D eigenvalue weighted by Gasteiger charge is -2.26. The molecule has 0 atom stereocenters. The Morgan fingerprint density at radius 3 is 1.25 bits per heavy atom. The van der Waals surface area contributed by atoms with Crippen molar-refractivity contribution >= 4 is 7.85 Å². The monoisotopic (exact) mass is 120 g/mol.